The molecule has 0 aliphatic heterocycles. The van der Waals surface area contributed by atoms with Crippen molar-refractivity contribution >= 4 is 29.1 Å². The smallest absolute Gasteiger partial charge is 0.269 e. The fraction of sp³-hybridized carbons (Fsp3) is 0.235. The second-order valence-corrected chi connectivity index (χ2v) is 6.46. The summed E-state index contributed by atoms with van der Waals surface area (Å²) in [7, 11) is 0. The van der Waals surface area contributed by atoms with Crippen molar-refractivity contribution < 1.29 is 4.79 Å². The third-order valence-corrected chi connectivity index (χ3v) is 4.20. The molecule has 0 saturated carbocycles. The molecule has 6 nitrogen and oxygen atoms in total. The molecule has 2 N–H and O–H groups in total. The van der Waals surface area contributed by atoms with Crippen molar-refractivity contribution in [3.05, 3.63) is 58.0 Å². The highest BCUT2D eigenvalue weighted by molar-refractivity contribution is 6.36. The number of halogens is 2. The Morgan fingerprint density at radius 3 is 2.84 bits per heavy atom. The summed E-state index contributed by atoms with van der Waals surface area (Å²) in [5, 5.41) is 15.1. The number of hydrogen-bond acceptors (Lipinski definition) is 3. The monoisotopic (exact) mass is 377 g/mol. The zero-order valence-electron chi connectivity index (χ0n) is 13.6. The molecule has 0 radical (unpaired) electrons. The van der Waals surface area contributed by atoms with Crippen LogP contribution in [0.5, 0.6) is 0 Å². The molecule has 0 spiro atoms. The normalized spacial score (nSPS) is 10.8. The van der Waals surface area contributed by atoms with Crippen LogP contribution < -0.4 is 5.32 Å². The van der Waals surface area contributed by atoms with Gasteiger partial charge in [-0.25, -0.2) is 0 Å². The molecule has 8 heteroatoms. The molecule has 130 valence electrons. The summed E-state index contributed by atoms with van der Waals surface area (Å²) in [6.07, 6.45) is 2.71. The first-order chi connectivity index (χ1) is 12.0. The summed E-state index contributed by atoms with van der Waals surface area (Å²) in [5.74, 6) is -0.208. The summed E-state index contributed by atoms with van der Waals surface area (Å²) in [6.45, 7) is 3.25. The minimum Gasteiger partial charge on any atom is -0.351 e. The fourth-order valence-electron chi connectivity index (χ4n) is 2.40. The lowest BCUT2D eigenvalue weighted by Gasteiger charge is -2.04. The van der Waals surface area contributed by atoms with Gasteiger partial charge in [-0.3, -0.25) is 14.6 Å². The van der Waals surface area contributed by atoms with Gasteiger partial charge in [0.15, 0.2) is 0 Å². The molecule has 0 unspecified atom stereocenters. The predicted octanol–water partition coefficient (Wildman–Crippen LogP) is 3.71. The molecule has 2 heterocycles. The first-order valence-corrected chi connectivity index (χ1v) is 8.57. The van der Waals surface area contributed by atoms with Gasteiger partial charge in [0.2, 0.25) is 0 Å². The molecule has 1 aromatic carbocycles. The molecular weight excluding hydrogens is 361 g/mol. The van der Waals surface area contributed by atoms with Gasteiger partial charge in [-0.1, -0.05) is 23.2 Å². The molecule has 0 aliphatic carbocycles. The molecule has 0 aliphatic rings. The molecule has 3 rings (SSSR count). The highest BCUT2D eigenvalue weighted by atomic mass is 35.5. The second kappa shape index (κ2) is 7.72. The summed E-state index contributed by atoms with van der Waals surface area (Å²) >= 11 is 12.1. The van der Waals surface area contributed by atoms with Gasteiger partial charge in [-0.2, -0.15) is 10.2 Å². The van der Waals surface area contributed by atoms with Crippen LogP contribution >= 0.6 is 23.2 Å². The number of nitrogens with one attached hydrogen (secondary N) is 2. The minimum absolute atomic E-state index is 0.208. The van der Waals surface area contributed by atoms with E-state index in [2.05, 4.69) is 20.6 Å². The molecule has 2 aromatic heterocycles. The predicted molar refractivity (Wildman–Crippen MR) is 98.0 cm³/mol. The van der Waals surface area contributed by atoms with Crippen LogP contribution in [0.2, 0.25) is 10.0 Å². The topological polar surface area (TPSA) is 75.6 Å². The number of aromatic amines is 1. The van der Waals surface area contributed by atoms with E-state index in [4.69, 9.17) is 23.2 Å². The summed E-state index contributed by atoms with van der Waals surface area (Å²) in [4.78, 5) is 12.2. The van der Waals surface area contributed by atoms with Gasteiger partial charge in [-0.05, 0) is 43.7 Å². The largest absolute Gasteiger partial charge is 0.351 e. The highest BCUT2D eigenvalue weighted by Crippen LogP contribution is 2.29. The zero-order chi connectivity index (χ0) is 17.8. The van der Waals surface area contributed by atoms with Crippen LogP contribution in [0.4, 0.5) is 0 Å². The van der Waals surface area contributed by atoms with E-state index in [9.17, 15) is 4.79 Å². The Balaban J connectivity index is 1.55. The maximum atomic E-state index is 12.2. The minimum atomic E-state index is -0.208. The van der Waals surface area contributed by atoms with Gasteiger partial charge < -0.3 is 5.32 Å². The van der Waals surface area contributed by atoms with Crippen molar-refractivity contribution in [2.45, 2.75) is 19.9 Å². The van der Waals surface area contributed by atoms with Gasteiger partial charge in [0.1, 0.15) is 5.69 Å². The van der Waals surface area contributed by atoms with Gasteiger partial charge in [0.25, 0.3) is 5.91 Å². The number of carbonyl (C=O) groups is 1. The SMILES string of the molecule is Cc1ccn(CCCNC(=O)c2cc(-c3ccc(Cl)cc3Cl)n[nH]2)n1. The van der Waals surface area contributed by atoms with Crippen molar-refractivity contribution in [1.82, 2.24) is 25.3 Å². The second-order valence-electron chi connectivity index (χ2n) is 5.62. The van der Waals surface area contributed by atoms with E-state index in [0.717, 1.165) is 24.2 Å². The van der Waals surface area contributed by atoms with E-state index >= 15 is 0 Å². The number of rotatable bonds is 6. The molecule has 0 fully saturated rings. The van der Waals surface area contributed by atoms with Crippen LogP contribution in [-0.2, 0) is 6.54 Å². The Morgan fingerprint density at radius 2 is 2.12 bits per heavy atom. The Morgan fingerprint density at radius 1 is 1.28 bits per heavy atom. The molecule has 0 atom stereocenters. The Labute approximate surface area is 155 Å². The Hall–Kier alpha value is -2.31. The zero-order valence-corrected chi connectivity index (χ0v) is 15.1. The number of carbonyl (C=O) groups excluding carboxylic acids is 1. The van der Waals surface area contributed by atoms with E-state index in [1.54, 1.807) is 24.3 Å². The van der Waals surface area contributed by atoms with Crippen LogP contribution in [0, 0.1) is 6.92 Å². The third kappa shape index (κ3) is 4.41. The summed E-state index contributed by atoms with van der Waals surface area (Å²) in [6, 6.07) is 8.76. The fourth-order valence-corrected chi connectivity index (χ4v) is 2.90. The van der Waals surface area contributed by atoms with Crippen molar-refractivity contribution in [3.8, 4) is 11.3 Å². The first kappa shape index (κ1) is 17.5. The van der Waals surface area contributed by atoms with Crippen molar-refractivity contribution in [3.63, 3.8) is 0 Å². The van der Waals surface area contributed by atoms with E-state index in [0.29, 0.717) is 28.0 Å². The summed E-state index contributed by atoms with van der Waals surface area (Å²) in [5.41, 5.74) is 2.68. The summed E-state index contributed by atoms with van der Waals surface area (Å²) < 4.78 is 1.86. The van der Waals surface area contributed by atoms with Gasteiger partial charge in [-0.15, -0.1) is 0 Å². The van der Waals surface area contributed by atoms with E-state index in [-0.39, 0.29) is 5.91 Å². The highest BCUT2D eigenvalue weighted by Gasteiger charge is 2.12. The van der Waals surface area contributed by atoms with Crippen LogP contribution in [0.1, 0.15) is 22.6 Å². The van der Waals surface area contributed by atoms with Crippen molar-refractivity contribution in [2.24, 2.45) is 0 Å². The molecule has 25 heavy (non-hydrogen) atoms. The van der Waals surface area contributed by atoms with Crippen LogP contribution in [0.25, 0.3) is 11.3 Å². The average Bonchev–Trinajstić information content (AvgIpc) is 3.21. The van der Waals surface area contributed by atoms with Crippen molar-refractivity contribution in [2.75, 3.05) is 6.54 Å². The third-order valence-electron chi connectivity index (χ3n) is 3.65. The molecule has 1 amide bonds. The van der Waals surface area contributed by atoms with Crippen molar-refractivity contribution in [1.29, 1.82) is 0 Å². The van der Waals surface area contributed by atoms with Crippen LogP contribution in [0.3, 0.4) is 0 Å². The maximum absolute atomic E-state index is 12.2. The lowest BCUT2D eigenvalue weighted by Crippen LogP contribution is -2.25. The Bertz CT molecular complexity index is 887. The number of aromatic nitrogens is 4. The molecule has 0 saturated heterocycles. The number of H-pyrrole nitrogens is 1. The van der Waals surface area contributed by atoms with Gasteiger partial charge in [0.05, 0.1) is 16.4 Å². The quantitative estimate of drug-likeness (QED) is 0.642. The molecule has 3 aromatic rings. The average molecular weight is 378 g/mol. The van der Waals surface area contributed by atoms with Crippen LogP contribution in [0.15, 0.2) is 36.5 Å². The number of aryl methyl sites for hydroxylation is 2. The standard InChI is InChI=1S/C17H17Cl2N5O/c1-11-5-8-24(23-11)7-2-6-20-17(25)16-10-15(21-22-16)13-4-3-12(18)9-14(13)19/h3-5,8-10H,2,6-7H2,1H3,(H,20,25)(H,21,22). The van der Waals surface area contributed by atoms with E-state index in [1.807, 2.05) is 23.9 Å². The number of hydrogen-bond donors (Lipinski definition) is 2. The van der Waals surface area contributed by atoms with E-state index < -0.39 is 0 Å². The van der Waals surface area contributed by atoms with Crippen LogP contribution in [-0.4, -0.2) is 32.4 Å². The van der Waals surface area contributed by atoms with Gasteiger partial charge >= 0.3 is 0 Å². The Kier molecular flexibility index (Phi) is 5.40. The lowest BCUT2D eigenvalue weighted by atomic mass is 10.1. The lowest BCUT2D eigenvalue weighted by molar-refractivity contribution is 0.0947. The number of benzene rings is 1. The number of nitrogens with zero attached hydrogens (tertiary/aromatic N) is 3. The molecular formula is C17H17Cl2N5O. The maximum Gasteiger partial charge on any atom is 0.269 e. The van der Waals surface area contributed by atoms with E-state index in [1.165, 1.54) is 0 Å². The first-order valence-electron chi connectivity index (χ1n) is 7.82. The number of amides is 1. The van der Waals surface area contributed by atoms with Gasteiger partial charge in [0, 0.05) is 29.9 Å². The molecule has 0 bridgehead atoms.